The van der Waals surface area contributed by atoms with E-state index in [1.54, 1.807) is 26.4 Å². The number of nitrogens with zero attached hydrogens (tertiary/aromatic N) is 2. The van der Waals surface area contributed by atoms with Gasteiger partial charge in [-0.05, 0) is 6.07 Å². The number of oxime groups is 1. The van der Waals surface area contributed by atoms with E-state index in [-0.39, 0.29) is 5.91 Å². The van der Waals surface area contributed by atoms with Crippen molar-refractivity contribution in [3.05, 3.63) is 22.7 Å². The quantitative estimate of drug-likeness (QED) is 0.825. The number of ether oxygens (including phenoxy) is 2. The molecule has 2 aliphatic rings. The van der Waals surface area contributed by atoms with Crippen LogP contribution in [-0.4, -0.2) is 70.1 Å². The van der Waals surface area contributed by atoms with E-state index in [9.17, 15) is 4.79 Å². The summed E-state index contributed by atoms with van der Waals surface area (Å²) < 4.78 is 10.6. The van der Waals surface area contributed by atoms with Crippen molar-refractivity contribution in [2.24, 2.45) is 5.16 Å². The maximum Gasteiger partial charge on any atom is 0.267 e. The van der Waals surface area contributed by atoms with Gasteiger partial charge in [-0.15, -0.1) is 0 Å². The first-order valence-corrected chi connectivity index (χ1v) is 8.66. The molecule has 2 heterocycles. The number of piperazine rings is 1. The van der Waals surface area contributed by atoms with E-state index in [0.29, 0.717) is 34.2 Å². The first kappa shape index (κ1) is 17.8. The van der Waals surface area contributed by atoms with Crippen molar-refractivity contribution in [2.45, 2.75) is 12.5 Å². The summed E-state index contributed by atoms with van der Waals surface area (Å²) in [4.78, 5) is 21.4. The molecule has 1 aromatic carbocycles. The summed E-state index contributed by atoms with van der Waals surface area (Å²) >= 11 is 6.22. The summed E-state index contributed by atoms with van der Waals surface area (Å²) in [5, 5.41) is 4.56. The molecule has 1 atom stereocenters. The number of quaternary nitrogens is 1. The molecule has 136 valence electrons. The van der Waals surface area contributed by atoms with Crippen molar-refractivity contribution in [2.75, 3.05) is 47.4 Å². The highest BCUT2D eigenvalue weighted by Gasteiger charge is 2.35. The molecule has 1 amide bonds. The van der Waals surface area contributed by atoms with E-state index in [1.165, 1.54) is 4.90 Å². The molecule has 3 rings (SSSR count). The molecule has 7 nitrogen and oxygen atoms in total. The molecule has 0 aromatic heterocycles. The molecule has 8 heteroatoms. The molecule has 0 unspecified atom stereocenters. The Labute approximate surface area is 152 Å². The molecule has 0 aliphatic carbocycles. The van der Waals surface area contributed by atoms with Gasteiger partial charge in [0, 0.05) is 18.1 Å². The van der Waals surface area contributed by atoms with Crippen LogP contribution in [0.2, 0.25) is 5.02 Å². The lowest BCUT2D eigenvalue weighted by Gasteiger charge is -2.31. The molecule has 2 aliphatic heterocycles. The number of amides is 1. The van der Waals surface area contributed by atoms with Crippen molar-refractivity contribution < 1.29 is 24.0 Å². The molecule has 25 heavy (non-hydrogen) atoms. The fourth-order valence-electron chi connectivity index (χ4n) is 3.07. The topological polar surface area (TPSA) is 64.8 Å². The Balaban J connectivity index is 1.72. The molecule has 0 radical (unpaired) electrons. The minimum absolute atomic E-state index is 0.00942. The number of nitrogens with one attached hydrogen (secondary N) is 1. The smallest absolute Gasteiger partial charge is 0.267 e. The number of benzene rings is 1. The Bertz CT molecular complexity index is 687. The third-order valence-electron chi connectivity index (χ3n) is 4.66. The van der Waals surface area contributed by atoms with Gasteiger partial charge in [0.15, 0.2) is 0 Å². The molecular weight excluding hydrogens is 346 g/mol. The molecule has 1 saturated heterocycles. The standard InChI is InChI=1S/C17H22ClN3O4/c1-20-4-6-21(7-5-20)17(22)16-9-13(19-25-16)11-8-12(18)15(24-3)10-14(11)23-2/h8,10,16H,4-7,9H2,1-3H3/p+1/t16-/m0/s1. The van der Waals surface area contributed by atoms with Gasteiger partial charge in [-0.1, -0.05) is 16.8 Å². The number of rotatable bonds is 4. The Morgan fingerprint density at radius 1 is 1.28 bits per heavy atom. The number of halogens is 1. The van der Waals surface area contributed by atoms with Crippen molar-refractivity contribution in [1.82, 2.24) is 4.90 Å². The van der Waals surface area contributed by atoms with Gasteiger partial charge in [-0.25, -0.2) is 0 Å². The minimum Gasteiger partial charge on any atom is -0.496 e. The summed E-state index contributed by atoms with van der Waals surface area (Å²) in [6.45, 7) is 3.40. The lowest BCUT2D eigenvalue weighted by Crippen LogP contribution is -3.12. The van der Waals surface area contributed by atoms with Crippen LogP contribution in [0.4, 0.5) is 0 Å². The largest absolute Gasteiger partial charge is 0.496 e. The van der Waals surface area contributed by atoms with E-state index in [4.69, 9.17) is 25.9 Å². The number of methoxy groups -OCH3 is 2. The van der Waals surface area contributed by atoms with Crippen molar-refractivity contribution in [1.29, 1.82) is 0 Å². The molecule has 1 fully saturated rings. The maximum atomic E-state index is 12.6. The zero-order chi connectivity index (χ0) is 18.0. The Kier molecular flexibility index (Phi) is 5.34. The van der Waals surface area contributed by atoms with E-state index < -0.39 is 6.10 Å². The lowest BCUT2D eigenvalue weighted by atomic mass is 10.0. The Hall–Kier alpha value is -1.99. The predicted octanol–water partition coefficient (Wildman–Crippen LogP) is 0.207. The second-order valence-corrected chi connectivity index (χ2v) is 6.71. The lowest BCUT2D eigenvalue weighted by molar-refractivity contribution is -0.883. The Morgan fingerprint density at radius 2 is 1.96 bits per heavy atom. The van der Waals surface area contributed by atoms with E-state index in [2.05, 4.69) is 12.2 Å². The summed E-state index contributed by atoms with van der Waals surface area (Å²) in [5.41, 5.74) is 1.37. The SMILES string of the molecule is COc1cc(OC)c(C2=NO[C@H](C(=O)N3CC[NH+](C)CC3)C2)cc1Cl. The minimum atomic E-state index is -0.584. The molecular formula is C17H23ClN3O4+. The zero-order valence-electron chi connectivity index (χ0n) is 14.7. The van der Waals surface area contributed by atoms with Crippen molar-refractivity contribution in [3.63, 3.8) is 0 Å². The average Bonchev–Trinajstić information content (AvgIpc) is 3.11. The molecule has 0 saturated carbocycles. The fraction of sp³-hybridized carbons (Fsp3) is 0.529. The highest BCUT2D eigenvalue weighted by Crippen LogP contribution is 2.34. The summed E-state index contributed by atoms with van der Waals surface area (Å²) in [6, 6.07) is 3.44. The van der Waals surface area contributed by atoms with Crippen LogP contribution >= 0.6 is 11.6 Å². The fourth-order valence-corrected chi connectivity index (χ4v) is 3.31. The number of hydrogen-bond donors (Lipinski definition) is 1. The van der Waals surface area contributed by atoms with Crippen LogP contribution in [0.15, 0.2) is 17.3 Å². The number of carbonyl (C=O) groups excluding carboxylic acids is 1. The summed E-state index contributed by atoms with van der Waals surface area (Å²) in [5.74, 6) is 1.10. The van der Waals surface area contributed by atoms with Gasteiger partial charge < -0.3 is 24.1 Å². The van der Waals surface area contributed by atoms with Gasteiger partial charge in [-0.3, -0.25) is 4.79 Å². The maximum absolute atomic E-state index is 12.6. The van der Waals surface area contributed by atoms with Gasteiger partial charge in [0.1, 0.15) is 11.5 Å². The number of likely N-dealkylation sites (N-methyl/N-ethyl adjacent to an activating group) is 1. The van der Waals surface area contributed by atoms with Crippen LogP contribution in [-0.2, 0) is 9.63 Å². The summed E-state index contributed by atoms with van der Waals surface area (Å²) in [6.07, 6.45) is -0.184. The van der Waals surface area contributed by atoms with Gasteiger partial charge in [0.05, 0.1) is 58.2 Å². The second-order valence-electron chi connectivity index (χ2n) is 6.31. The van der Waals surface area contributed by atoms with Crippen LogP contribution in [0, 0.1) is 0 Å². The van der Waals surface area contributed by atoms with Crippen molar-refractivity contribution >= 4 is 23.2 Å². The van der Waals surface area contributed by atoms with Crippen molar-refractivity contribution in [3.8, 4) is 11.5 Å². The molecule has 0 bridgehead atoms. The van der Waals surface area contributed by atoms with Crippen LogP contribution in [0.25, 0.3) is 0 Å². The zero-order valence-corrected chi connectivity index (χ0v) is 15.4. The van der Waals surface area contributed by atoms with Crippen LogP contribution in [0.3, 0.4) is 0 Å². The number of carbonyl (C=O) groups is 1. The van der Waals surface area contributed by atoms with Gasteiger partial charge in [0.2, 0.25) is 6.10 Å². The first-order valence-electron chi connectivity index (χ1n) is 8.28. The monoisotopic (exact) mass is 368 g/mol. The van der Waals surface area contributed by atoms with E-state index in [1.807, 2.05) is 4.90 Å². The Morgan fingerprint density at radius 3 is 2.60 bits per heavy atom. The first-order chi connectivity index (χ1) is 12.0. The number of hydrogen-bond acceptors (Lipinski definition) is 5. The van der Waals surface area contributed by atoms with Crippen LogP contribution in [0.5, 0.6) is 11.5 Å². The highest BCUT2D eigenvalue weighted by atomic mass is 35.5. The molecule has 1 aromatic rings. The third-order valence-corrected chi connectivity index (χ3v) is 4.95. The predicted molar refractivity (Wildman–Crippen MR) is 93.8 cm³/mol. The van der Waals surface area contributed by atoms with Crippen LogP contribution in [0.1, 0.15) is 12.0 Å². The third kappa shape index (κ3) is 3.67. The van der Waals surface area contributed by atoms with Gasteiger partial charge in [0.25, 0.3) is 5.91 Å². The molecule has 1 N–H and O–H groups in total. The normalized spacial score (nSPS) is 20.9. The molecule has 0 spiro atoms. The van der Waals surface area contributed by atoms with Gasteiger partial charge in [-0.2, -0.15) is 0 Å². The average molecular weight is 369 g/mol. The van der Waals surface area contributed by atoms with E-state index >= 15 is 0 Å². The highest BCUT2D eigenvalue weighted by molar-refractivity contribution is 6.32. The second kappa shape index (κ2) is 7.49. The van der Waals surface area contributed by atoms with Gasteiger partial charge >= 0.3 is 0 Å². The summed E-state index contributed by atoms with van der Waals surface area (Å²) in [7, 11) is 5.25. The van der Waals surface area contributed by atoms with E-state index in [0.717, 1.165) is 26.2 Å². The van der Waals surface area contributed by atoms with Crippen LogP contribution < -0.4 is 14.4 Å².